The predicted molar refractivity (Wildman–Crippen MR) is 115 cm³/mol. The number of amides is 1. The number of hydrogen-bond donors (Lipinski definition) is 1. The van der Waals surface area contributed by atoms with Gasteiger partial charge in [0.15, 0.2) is 0 Å². The molecule has 0 aliphatic carbocycles. The first kappa shape index (κ1) is 20.9. The molecule has 2 fully saturated rings. The number of halogens is 2. The normalized spacial score (nSPS) is 21.2. The van der Waals surface area contributed by atoms with Gasteiger partial charge in [-0.3, -0.25) is 4.79 Å². The molecule has 30 heavy (non-hydrogen) atoms. The molecule has 2 aromatic rings. The number of pyridine rings is 1. The number of nitrogens with one attached hydrogen (secondary N) is 1. The van der Waals surface area contributed by atoms with Crippen LogP contribution in [-0.4, -0.2) is 48.6 Å². The maximum absolute atomic E-state index is 12.8. The number of aromatic nitrogens is 1. The largest absolute Gasteiger partial charge is 0.478 e. The van der Waals surface area contributed by atoms with E-state index in [1.54, 1.807) is 12.1 Å². The Kier molecular flexibility index (Phi) is 6.43. The van der Waals surface area contributed by atoms with Crippen molar-refractivity contribution in [2.75, 3.05) is 32.8 Å². The van der Waals surface area contributed by atoms with Crippen molar-refractivity contribution in [3.05, 3.63) is 57.7 Å². The maximum Gasteiger partial charge on any atom is 0.228 e. The van der Waals surface area contributed by atoms with E-state index in [9.17, 15) is 4.79 Å². The van der Waals surface area contributed by atoms with Gasteiger partial charge in [-0.1, -0.05) is 29.3 Å². The first-order valence-electron chi connectivity index (χ1n) is 9.98. The standard InChI is InChI=1S/C22H22Cl2N4O2/c23-19-3-2-15(7-20(19)24)18-13-28(22(29)17-10-26-11-17)12-16(18)5-6-30-21-4-1-14(8-25)9-27-21/h1-4,7,9,16-18,26H,5-6,10-13H2. The number of likely N-dealkylation sites (tertiary alicyclic amines) is 1. The van der Waals surface area contributed by atoms with Gasteiger partial charge < -0.3 is 15.0 Å². The SMILES string of the molecule is N#Cc1ccc(OCCC2CN(C(=O)C3CNC3)CC2c2ccc(Cl)c(Cl)c2)nc1. The quantitative estimate of drug-likeness (QED) is 0.737. The molecule has 2 aliphatic rings. The Morgan fingerprint density at radius 2 is 2.07 bits per heavy atom. The summed E-state index contributed by atoms with van der Waals surface area (Å²) in [4.78, 5) is 18.9. The summed E-state index contributed by atoms with van der Waals surface area (Å²) in [6, 6.07) is 11.1. The summed E-state index contributed by atoms with van der Waals surface area (Å²) >= 11 is 12.3. The van der Waals surface area contributed by atoms with Gasteiger partial charge in [-0.2, -0.15) is 5.26 Å². The van der Waals surface area contributed by atoms with Crippen LogP contribution in [0.5, 0.6) is 5.88 Å². The van der Waals surface area contributed by atoms with Crippen molar-refractivity contribution in [1.29, 1.82) is 5.26 Å². The molecule has 8 heteroatoms. The molecular weight excluding hydrogens is 423 g/mol. The van der Waals surface area contributed by atoms with Crippen molar-refractivity contribution in [2.24, 2.45) is 11.8 Å². The summed E-state index contributed by atoms with van der Waals surface area (Å²) in [5, 5.41) is 13.1. The molecule has 156 valence electrons. The van der Waals surface area contributed by atoms with Crippen molar-refractivity contribution in [3.8, 4) is 11.9 Å². The molecule has 0 bridgehead atoms. The van der Waals surface area contributed by atoms with E-state index in [0.29, 0.717) is 41.2 Å². The fourth-order valence-corrected chi connectivity index (χ4v) is 4.34. The van der Waals surface area contributed by atoms with E-state index in [4.69, 9.17) is 33.2 Å². The van der Waals surface area contributed by atoms with Crippen LogP contribution in [0.1, 0.15) is 23.5 Å². The molecule has 6 nitrogen and oxygen atoms in total. The van der Waals surface area contributed by atoms with Gasteiger partial charge in [0, 0.05) is 44.4 Å². The van der Waals surface area contributed by atoms with Gasteiger partial charge in [0.1, 0.15) is 6.07 Å². The first-order chi connectivity index (χ1) is 14.5. The third kappa shape index (κ3) is 4.54. The molecule has 3 heterocycles. The number of ether oxygens (including phenoxy) is 1. The topological polar surface area (TPSA) is 78.2 Å². The maximum atomic E-state index is 12.8. The van der Waals surface area contributed by atoms with Crippen molar-refractivity contribution in [2.45, 2.75) is 12.3 Å². The third-order valence-corrected chi connectivity index (χ3v) is 6.60. The smallest absolute Gasteiger partial charge is 0.228 e. The van der Waals surface area contributed by atoms with Crippen LogP contribution in [0.3, 0.4) is 0 Å². The van der Waals surface area contributed by atoms with E-state index in [-0.39, 0.29) is 23.7 Å². The lowest BCUT2D eigenvalue weighted by molar-refractivity contribution is -0.136. The summed E-state index contributed by atoms with van der Waals surface area (Å²) < 4.78 is 5.79. The molecule has 1 aromatic heterocycles. The van der Waals surface area contributed by atoms with E-state index in [0.717, 1.165) is 25.1 Å². The Bertz CT molecular complexity index is 957. The van der Waals surface area contributed by atoms with Crippen LogP contribution < -0.4 is 10.1 Å². The van der Waals surface area contributed by atoms with Crippen molar-refractivity contribution in [3.63, 3.8) is 0 Å². The first-order valence-corrected chi connectivity index (χ1v) is 10.7. The van der Waals surface area contributed by atoms with Gasteiger partial charge in [-0.15, -0.1) is 0 Å². The zero-order chi connectivity index (χ0) is 21.1. The molecule has 1 aromatic carbocycles. The fourth-order valence-electron chi connectivity index (χ4n) is 4.03. The highest BCUT2D eigenvalue weighted by molar-refractivity contribution is 6.42. The Balaban J connectivity index is 1.44. The van der Waals surface area contributed by atoms with Crippen LogP contribution in [0.2, 0.25) is 10.0 Å². The number of carbonyl (C=O) groups is 1. The second-order valence-electron chi connectivity index (χ2n) is 7.77. The second kappa shape index (κ2) is 9.22. The number of benzene rings is 1. The second-order valence-corrected chi connectivity index (χ2v) is 8.59. The third-order valence-electron chi connectivity index (χ3n) is 5.86. The number of nitriles is 1. The van der Waals surface area contributed by atoms with Crippen molar-refractivity contribution in [1.82, 2.24) is 15.2 Å². The molecule has 2 saturated heterocycles. The summed E-state index contributed by atoms with van der Waals surface area (Å²) in [7, 11) is 0. The Labute approximate surface area is 185 Å². The molecule has 2 unspecified atom stereocenters. The Morgan fingerprint density at radius 1 is 1.23 bits per heavy atom. The number of carbonyl (C=O) groups excluding carboxylic acids is 1. The van der Waals surface area contributed by atoms with Crippen LogP contribution in [0.4, 0.5) is 0 Å². The average Bonchev–Trinajstić information content (AvgIpc) is 3.13. The molecule has 1 amide bonds. The zero-order valence-electron chi connectivity index (χ0n) is 16.4. The van der Waals surface area contributed by atoms with Crippen LogP contribution in [-0.2, 0) is 4.79 Å². The molecule has 4 rings (SSSR count). The minimum atomic E-state index is 0.0808. The van der Waals surface area contributed by atoms with Crippen molar-refractivity contribution < 1.29 is 9.53 Å². The highest BCUT2D eigenvalue weighted by Crippen LogP contribution is 2.38. The van der Waals surface area contributed by atoms with Crippen LogP contribution in [0.25, 0.3) is 0 Å². The predicted octanol–water partition coefficient (Wildman–Crippen LogP) is 3.49. The van der Waals surface area contributed by atoms with Crippen LogP contribution in [0, 0.1) is 23.2 Å². The van der Waals surface area contributed by atoms with Gasteiger partial charge in [0.2, 0.25) is 11.8 Å². The van der Waals surface area contributed by atoms with E-state index >= 15 is 0 Å². The Morgan fingerprint density at radius 3 is 2.70 bits per heavy atom. The summed E-state index contributed by atoms with van der Waals surface area (Å²) in [6.45, 7) is 3.36. The van der Waals surface area contributed by atoms with Gasteiger partial charge in [-0.05, 0) is 36.1 Å². The molecule has 0 saturated carbocycles. The highest BCUT2D eigenvalue weighted by Gasteiger charge is 2.39. The van der Waals surface area contributed by atoms with Gasteiger partial charge >= 0.3 is 0 Å². The van der Waals surface area contributed by atoms with Gasteiger partial charge in [-0.25, -0.2) is 4.98 Å². The number of hydrogen-bond acceptors (Lipinski definition) is 5. The van der Waals surface area contributed by atoms with E-state index in [1.807, 2.05) is 29.2 Å². The minimum Gasteiger partial charge on any atom is -0.478 e. The van der Waals surface area contributed by atoms with Crippen molar-refractivity contribution >= 4 is 29.1 Å². The number of rotatable bonds is 6. The summed E-state index contributed by atoms with van der Waals surface area (Å²) in [6.07, 6.45) is 2.27. The molecule has 0 radical (unpaired) electrons. The Hall–Kier alpha value is -2.33. The average molecular weight is 445 g/mol. The van der Waals surface area contributed by atoms with Gasteiger partial charge in [0.25, 0.3) is 0 Å². The van der Waals surface area contributed by atoms with Gasteiger partial charge in [0.05, 0.1) is 28.1 Å². The summed E-state index contributed by atoms with van der Waals surface area (Å²) in [5.41, 5.74) is 1.59. The lowest BCUT2D eigenvalue weighted by Crippen LogP contribution is -2.51. The molecule has 2 aliphatic heterocycles. The van der Waals surface area contributed by atoms with Crippen LogP contribution >= 0.6 is 23.2 Å². The van der Waals surface area contributed by atoms with E-state index in [2.05, 4.69) is 10.3 Å². The lowest BCUT2D eigenvalue weighted by Gasteiger charge is -2.30. The monoisotopic (exact) mass is 444 g/mol. The lowest BCUT2D eigenvalue weighted by atomic mass is 9.87. The van der Waals surface area contributed by atoms with Crippen LogP contribution in [0.15, 0.2) is 36.5 Å². The van der Waals surface area contributed by atoms with E-state index in [1.165, 1.54) is 6.20 Å². The molecule has 0 spiro atoms. The molecular formula is C22H22Cl2N4O2. The zero-order valence-corrected chi connectivity index (χ0v) is 17.9. The number of nitrogens with zero attached hydrogens (tertiary/aromatic N) is 3. The molecule has 1 N–H and O–H groups in total. The van der Waals surface area contributed by atoms with E-state index < -0.39 is 0 Å². The fraction of sp³-hybridized carbons (Fsp3) is 0.409. The highest BCUT2D eigenvalue weighted by atomic mass is 35.5. The molecule has 2 atom stereocenters. The summed E-state index contributed by atoms with van der Waals surface area (Å²) in [5.74, 6) is 1.21. The minimum absolute atomic E-state index is 0.0808.